The van der Waals surface area contributed by atoms with Gasteiger partial charge in [0.1, 0.15) is 11.6 Å². The molecule has 0 unspecified atom stereocenters. The van der Waals surface area contributed by atoms with Crippen LogP contribution < -0.4 is 10.2 Å². The number of fused-ring (bicyclic) bond motifs is 1. The molecule has 0 bridgehead atoms. The summed E-state index contributed by atoms with van der Waals surface area (Å²) in [7, 11) is 0. The zero-order valence-electron chi connectivity index (χ0n) is 19.5. The van der Waals surface area contributed by atoms with E-state index in [9.17, 15) is 14.4 Å². The average Bonchev–Trinajstić information content (AvgIpc) is 3.19. The molecule has 2 saturated heterocycles. The normalized spacial score (nSPS) is 21.8. The largest absolute Gasteiger partial charge is 0.353 e. The lowest BCUT2D eigenvalue weighted by molar-refractivity contribution is -0.132. The second-order valence-corrected chi connectivity index (χ2v) is 9.86. The van der Waals surface area contributed by atoms with Gasteiger partial charge in [-0.1, -0.05) is 13.8 Å². The molecule has 0 aromatic carbocycles. The minimum absolute atomic E-state index is 0.0947. The summed E-state index contributed by atoms with van der Waals surface area (Å²) in [4.78, 5) is 50.1. The first kappa shape index (κ1) is 22.7. The van der Waals surface area contributed by atoms with Crippen LogP contribution in [0.5, 0.6) is 0 Å². The summed E-state index contributed by atoms with van der Waals surface area (Å²) in [5.41, 5.74) is 2.07. The number of rotatable bonds is 6. The molecule has 1 aromatic heterocycles. The van der Waals surface area contributed by atoms with Crippen LogP contribution in [0.4, 0.5) is 5.82 Å². The van der Waals surface area contributed by atoms with Crippen LogP contribution in [0.15, 0.2) is 0 Å². The number of piperidine rings is 1. The third kappa shape index (κ3) is 4.94. The van der Waals surface area contributed by atoms with Gasteiger partial charge in [-0.25, -0.2) is 9.97 Å². The SMILES string of the molecule is Cc1nc(C2CCN(C(=O)CC[C@@H]3CCC(=O)N3)CC2)nc2c1CCC(=O)N2CC(C)C. The van der Waals surface area contributed by atoms with Crippen molar-refractivity contribution in [1.29, 1.82) is 0 Å². The first-order valence-electron chi connectivity index (χ1n) is 12.1. The lowest BCUT2D eigenvalue weighted by Crippen LogP contribution is -2.40. The summed E-state index contributed by atoms with van der Waals surface area (Å²) in [5.74, 6) is 2.60. The number of aryl methyl sites for hydroxylation is 1. The molecule has 4 rings (SSSR count). The summed E-state index contributed by atoms with van der Waals surface area (Å²) in [6, 6.07) is 0.146. The lowest BCUT2D eigenvalue weighted by atomic mass is 9.94. The van der Waals surface area contributed by atoms with Crippen molar-refractivity contribution >= 4 is 23.5 Å². The molecule has 0 radical (unpaired) electrons. The third-order valence-corrected chi connectivity index (χ3v) is 6.91. The Morgan fingerprint density at radius 2 is 1.84 bits per heavy atom. The van der Waals surface area contributed by atoms with Gasteiger partial charge in [-0.15, -0.1) is 0 Å². The number of carbonyl (C=O) groups is 3. The van der Waals surface area contributed by atoms with Crippen LogP contribution in [0.3, 0.4) is 0 Å². The highest BCUT2D eigenvalue weighted by molar-refractivity contribution is 5.95. The molecular weight excluding hydrogens is 406 g/mol. The molecule has 8 nitrogen and oxygen atoms in total. The Balaban J connectivity index is 1.38. The molecule has 8 heteroatoms. The molecule has 3 aliphatic rings. The van der Waals surface area contributed by atoms with Gasteiger partial charge in [0.2, 0.25) is 17.7 Å². The van der Waals surface area contributed by atoms with Crippen molar-refractivity contribution in [1.82, 2.24) is 20.2 Å². The molecule has 1 aromatic rings. The van der Waals surface area contributed by atoms with E-state index in [1.165, 1.54) is 0 Å². The van der Waals surface area contributed by atoms with E-state index in [0.717, 1.165) is 48.6 Å². The van der Waals surface area contributed by atoms with Crippen LogP contribution in [0.2, 0.25) is 0 Å². The van der Waals surface area contributed by atoms with Crippen LogP contribution in [0, 0.1) is 12.8 Å². The van der Waals surface area contributed by atoms with Crippen LogP contribution in [0.1, 0.15) is 81.8 Å². The van der Waals surface area contributed by atoms with Crippen LogP contribution in [-0.2, 0) is 20.8 Å². The number of anilines is 1. The van der Waals surface area contributed by atoms with Gasteiger partial charge in [0, 0.05) is 62.1 Å². The highest BCUT2D eigenvalue weighted by atomic mass is 16.2. The third-order valence-electron chi connectivity index (χ3n) is 6.91. The average molecular weight is 442 g/mol. The topological polar surface area (TPSA) is 95.5 Å². The van der Waals surface area contributed by atoms with E-state index >= 15 is 0 Å². The Morgan fingerprint density at radius 1 is 1.09 bits per heavy atom. The summed E-state index contributed by atoms with van der Waals surface area (Å²) >= 11 is 0. The molecule has 174 valence electrons. The van der Waals surface area contributed by atoms with Crippen molar-refractivity contribution in [3.63, 3.8) is 0 Å². The van der Waals surface area contributed by atoms with Crippen molar-refractivity contribution in [2.75, 3.05) is 24.5 Å². The van der Waals surface area contributed by atoms with E-state index < -0.39 is 0 Å². The molecule has 4 heterocycles. The Kier molecular flexibility index (Phi) is 6.76. The van der Waals surface area contributed by atoms with E-state index in [4.69, 9.17) is 9.97 Å². The van der Waals surface area contributed by atoms with E-state index in [1.807, 2.05) is 16.7 Å². The van der Waals surface area contributed by atoms with Crippen LogP contribution in [0.25, 0.3) is 0 Å². The summed E-state index contributed by atoms with van der Waals surface area (Å²) in [6.45, 7) is 8.33. The van der Waals surface area contributed by atoms with Gasteiger partial charge in [0.05, 0.1) is 0 Å². The fourth-order valence-electron chi connectivity index (χ4n) is 5.08. The Labute approximate surface area is 190 Å². The number of aromatic nitrogens is 2. The standard InChI is InChI=1S/C24H35N5O3/c1-15(2)14-29-22(32)9-6-19-16(3)25-23(27-24(19)29)17-10-12-28(13-11-17)21(31)8-5-18-4-7-20(30)26-18/h15,17-18H,4-14H2,1-3H3,(H,26,30)/t18-/m0/s1. The van der Waals surface area contributed by atoms with E-state index in [0.29, 0.717) is 51.2 Å². The van der Waals surface area contributed by atoms with Gasteiger partial charge in [0.15, 0.2) is 0 Å². The Hall–Kier alpha value is -2.51. The predicted molar refractivity (Wildman–Crippen MR) is 121 cm³/mol. The summed E-state index contributed by atoms with van der Waals surface area (Å²) in [6.07, 6.45) is 5.51. The maximum Gasteiger partial charge on any atom is 0.228 e. The molecule has 0 aliphatic carbocycles. The Morgan fingerprint density at radius 3 is 2.50 bits per heavy atom. The second kappa shape index (κ2) is 9.55. The number of amides is 3. The van der Waals surface area contributed by atoms with Gasteiger partial charge in [-0.05, 0) is 44.9 Å². The first-order valence-corrected chi connectivity index (χ1v) is 12.1. The number of hydrogen-bond acceptors (Lipinski definition) is 5. The number of nitrogens with one attached hydrogen (secondary N) is 1. The van der Waals surface area contributed by atoms with Gasteiger partial charge in [-0.3, -0.25) is 19.3 Å². The minimum atomic E-state index is 0.0947. The molecule has 32 heavy (non-hydrogen) atoms. The molecule has 3 amide bonds. The monoisotopic (exact) mass is 441 g/mol. The van der Waals surface area contributed by atoms with E-state index in [-0.39, 0.29) is 29.7 Å². The Bertz CT molecular complexity index is 892. The number of likely N-dealkylation sites (tertiary alicyclic amines) is 1. The van der Waals surface area contributed by atoms with Crippen molar-refractivity contribution in [3.8, 4) is 0 Å². The quantitative estimate of drug-likeness (QED) is 0.732. The van der Waals surface area contributed by atoms with E-state index in [2.05, 4.69) is 19.2 Å². The first-order chi connectivity index (χ1) is 15.3. The van der Waals surface area contributed by atoms with Gasteiger partial charge in [0.25, 0.3) is 0 Å². The molecular formula is C24H35N5O3. The highest BCUT2D eigenvalue weighted by Gasteiger charge is 2.32. The van der Waals surface area contributed by atoms with Gasteiger partial charge in [-0.2, -0.15) is 0 Å². The lowest BCUT2D eigenvalue weighted by Gasteiger charge is -2.34. The number of nitrogens with zero attached hydrogens (tertiary/aromatic N) is 4. The van der Waals surface area contributed by atoms with Crippen molar-refractivity contribution in [3.05, 3.63) is 17.1 Å². The second-order valence-electron chi connectivity index (χ2n) is 9.86. The minimum Gasteiger partial charge on any atom is -0.353 e. The smallest absolute Gasteiger partial charge is 0.228 e. The highest BCUT2D eigenvalue weighted by Crippen LogP contribution is 2.33. The van der Waals surface area contributed by atoms with Gasteiger partial charge >= 0.3 is 0 Å². The number of hydrogen-bond donors (Lipinski definition) is 1. The van der Waals surface area contributed by atoms with Crippen LogP contribution >= 0.6 is 0 Å². The maximum atomic E-state index is 12.6. The van der Waals surface area contributed by atoms with Crippen molar-refractivity contribution in [2.45, 2.75) is 84.1 Å². The summed E-state index contributed by atoms with van der Waals surface area (Å²) < 4.78 is 0. The van der Waals surface area contributed by atoms with Gasteiger partial charge < -0.3 is 10.2 Å². The number of carbonyl (C=O) groups excluding carboxylic acids is 3. The van der Waals surface area contributed by atoms with Crippen molar-refractivity contribution in [2.24, 2.45) is 5.92 Å². The fourth-order valence-corrected chi connectivity index (χ4v) is 5.08. The molecule has 2 fully saturated rings. The molecule has 0 saturated carbocycles. The van der Waals surface area contributed by atoms with Crippen LogP contribution in [-0.4, -0.2) is 58.3 Å². The fraction of sp³-hybridized carbons (Fsp3) is 0.708. The van der Waals surface area contributed by atoms with Crippen molar-refractivity contribution < 1.29 is 14.4 Å². The zero-order valence-corrected chi connectivity index (χ0v) is 19.5. The molecule has 3 aliphatic heterocycles. The predicted octanol–water partition coefficient (Wildman–Crippen LogP) is 2.49. The summed E-state index contributed by atoms with van der Waals surface area (Å²) in [5, 5.41) is 2.94. The molecule has 1 atom stereocenters. The molecule has 0 spiro atoms. The zero-order chi connectivity index (χ0) is 22.8. The molecule has 1 N–H and O–H groups in total. The van der Waals surface area contributed by atoms with E-state index in [1.54, 1.807) is 0 Å². The maximum absolute atomic E-state index is 12.6.